The highest BCUT2D eigenvalue weighted by molar-refractivity contribution is 7.85. The third kappa shape index (κ3) is 9.93. The van der Waals surface area contributed by atoms with Gasteiger partial charge in [0.2, 0.25) is 5.91 Å². The Kier molecular flexibility index (Phi) is 11.7. The number of hydrogen-bond acceptors (Lipinski definition) is 5. The Bertz CT molecular complexity index is 1960. The maximum Gasteiger partial charge on any atom is 0.251 e. The molecule has 0 aliphatic heterocycles. The number of carbonyl (C=O) groups is 2. The standard InChI is InChI=1S/C41H45ClN2O5S/c1-27-25-35(42)19-22-37(27)31-15-20-36(21-16-31)44-40(46)38(26-28-5-7-33(8-6-28)39(45)43-23-24-50(47,48)49)32-11-9-29(10-12-32)30-13-17-34(18-14-30)41(2,3)4/h5-13,15-16,19-22,25,34,38H,14,17-18,23-24,26H2,1-4H3,(H,43,45)(H,44,46)(H,47,48,49)/p-1/t34-,38-/m0/s1. The van der Waals surface area contributed by atoms with E-state index in [1.807, 2.05) is 61.5 Å². The average molecular weight is 712 g/mol. The monoisotopic (exact) mass is 711 g/mol. The minimum atomic E-state index is -4.42. The summed E-state index contributed by atoms with van der Waals surface area (Å²) in [6, 6.07) is 28.7. The molecule has 1 aliphatic carbocycles. The summed E-state index contributed by atoms with van der Waals surface area (Å²) in [6.45, 7) is 8.66. The van der Waals surface area contributed by atoms with Crippen LogP contribution in [0.1, 0.15) is 78.6 Å². The van der Waals surface area contributed by atoms with E-state index in [2.05, 4.69) is 49.6 Å². The van der Waals surface area contributed by atoms with Gasteiger partial charge in [-0.1, -0.05) is 93.0 Å². The van der Waals surface area contributed by atoms with Crippen LogP contribution in [-0.2, 0) is 21.3 Å². The van der Waals surface area contributed by atoms with Crippen molar-refractivity contribution < 1.29 is 22.6 Å². The van der Waals surface area contributed by atoms with E-state index in [-0.39, 0.29) is 17.9 Å². The highest BCUT2D eigenvalue weighted by Crippen LogP contribution is 2.40. The fourth-order valence-corrected chi connectivity index (χ4v) is 7.09. The van der Waals surface area contributed by atoms with Gasteiger partial charge >= 0.3 is 0 Å². The van der Waals surface area contributed by atoms with E-state index in [9.17, 15) is 22.6 Å². The van der Waals surface area contributed by atoms with Crippen molar-refractivity contribution in [3.63, 3.8) is 0 Å². The first-order valence-corrected chi connectivity index (χ1v) is 18.9. The molecule has 5 rings (SSSR count). The predicted molar refractivity (Wildman–Crippen MR) is 201 cm³/mol. The number of halogens is 1. The Hall–Kier alpha value is -4.24. The summed E-state index contributed by atoms with van der Waals surface area (Å²) in [7, 11) is -4.42. The summed E-state index contributed by atoms with van der Waals surface area (Å²) in [5.74, 6) is -1.17. The number of allylic oxidation sites excluding steroid dienone is 2. The number of aryl methyl sites for hydroxylation is 1. The van der Waals surface area contributed by atoms with Gasteiger partial charge in [-0.15, -0.1) is 0 Å². The first-order valence-electron chi connectivity index (χ1n) is 16.9. The fraction of sp³-hybridized carbons (Fsp3) is 0.317. The molecule has 0 saturated heterocycles. The zero-order valence-corrected chi connectivity index (χ0v) is 30.5. The Balaban J connectivity index is 1.35. The maximum absolute atomic E-state index is 14.0. The van der Waals surface area contributed by atoms with Gasteiger partial charge in [-0.25, -0.2) is 8.42 Å². The predicted octanol–water partition coefficient (Wildman–Crippen LogP) is 8.79. The van der Waals surface area contributed by atoms with Crippen LogP contribution in [0.4, 0.5) is 5.69 Å². The van der Waals surface area contributed by atoms with Crippen molar-refractivity contribution in [1.82, 2.24) is 5.32 Å². The SMILES string of the molecule is Cc1cc(Cl)ccc1-c1ccc(NC(=O)[C@@H](Cc2ccc(C(=O)NCCS(=O)(=O)[O-])cc2)c2ccc(C3=CC[C@H](C(C)(C)C)CC3)cc2)cc1. The number of benzene rings is 4. The summed E-state index contributed by atoms with van der Waals surface area (Å²) >= 11 is 6.15. The lowest BCUT2D eigenvalue weighted by molar-refractivity contribution is -0.117. The first kappa shape index (κ1) is 37.0. The lowest BCUT2D eigenvalue weighted by Gasteiger charge is -2.33. The van der Waals surface area contributed by atoms with Gasteiger partial charge in [-0.3, -0.25) is 9.59 Å². The van der Waals surface area contributed by atoms with Crippen LogP contribution in [0.15, 0.2) is 97.1 Å². The lowest BCUT2D eigenvalue weighted by Crippen LogP contribution is -2.29. The molecule has 262 valence electrons. The van der Waals surface area contributed by atoms with Crippen LogP contribution in [0.3, 0.4) is 0 Å². The minimum absolute atomic E-state index is 0.154. The number of amides is 2. The zero-order valence-electron chi connectivity index (χ0n) is 29.0. The van der Waals surface area contributed by atoms with Crippen LogP contribution in [0, 0.1) is 18.3 Å². The van der Waals surface area contributed by atoms with Gasteiger partial charge in [0.1, 0.15) is 0 Å². The van der Waals surface area contributed by atoms with Gasteiger partial charge in [0.05, 0.1) is 21.8 Å². The molecule has 2 amide bonds. The number of anilines is 1. The van der Waals surface area contributed by atoms with E-state index in [1.165, 1.54) is 11.1 Å². The van der Waals surface area contributed by atoms with E-state index in [1.54, 1.807) is 24.3 Å². The summed E-state index contributed by atoms with van der Waals surface area (Å²) in [5, 5.41) is 6.26. The van der Waals surface area contributed by atoms with Crippen LogP contribution < -0.4 is 10.6 Å². The maximum atomic E-state index is 14.0. The van der Waals surface area contributed by atoms with Gasteiger partial charge in [-0.05, 0) is 119 Å². The highest BCUT2D eigenvalue weighted by Gasteiger charge is 2.27. The van der Waals surface area contributed by atoms with E-state index < -0.39 is 27.7 Å². The number of hydrogen-bond donors (Lipinski definition) is 2. The fourth-order valence-electron chi connectivity index (χ4n) is 6.51. The van der Waals surface area contributed by atoms with Crippen molar-refractivity contribution in [3.05, 3.63) is 130 Å². The van der Waals surface area contributed by atoms with E-state index in [0.717, 1.165) is 47.1 Å². The van der Waals surface area contributed by atoms with E-state index >= 15 is 0 Å². The van der Waals surface area contributed by atoms with Crippen molar-refractivity contribution in [2.24, 2.45) is 11.3 Å². The van der Waals surface area contributed by atoms with Crippen LogP contribution >= 0.6 is 11.6 Å². The third-order valence-electron chi connectivity index (χ3n) is 9.58. The second kappa shape index (κ2) is 15.8. The molecule has 0 unspecified atom stereocenters. The van der Waals surface area contributed by atoms with Gasteiger partial charge in [0, 0.05) is 22.8 Å². The Morgan fingerprint density at radius 1 is 0.920 bits per heavy atom. The molecular weight excluding hydrogens is 668 g/mol. The second-order valence-corrected chi connectivity index (χ2v) is 16.1. The van der Waals surface area contributed by atoms with Crippen LogP contribution in [-0.4, -0.2) is 37.1 Å². The molecule has 1 aliphatic rings. The van der Waals surface area contributed by atoms with Crippen LogP contribution in [0.5, 0.6) is 0 Å². The minimum Gasteiger partial charge on any atom is -0.748 e. The molecule has 2 atom stereocenters. The third-order valence-corrected chi connectivity index (χ3v) is 10.5. The largest absolute Gasteiger partial charge is 0.748 e. The van der Waals surface area contributed by atoms with Crippen molar-refractivity contribution in [3.8, 4) is 11.1 Å². The molecule has 4 aromatic carbocycles. The topological polar surface area (TPSA) is 115 Å². The molecular formula is C41H44ClN2O5S-. The molecule has 0 saturated carbocycles. The summed E-state index contributed by atoms with van der Waals surface area (Å²) in [5.41, 5.74) is 8.69. The molecule has 0 heterocycles. The van der Waals surface area contributed by atoms with Crippen molar-refractivity contribution in [1.29, 1.82) is 0 Å². The first-order chi connectivity index (χ1) is 23.7. The molecule has 0 aromatic heterocycles. The Labute approximate surface area is 300 Å². The normalized spacial score (nSPS) is 15.6. The summed E-state index contributed by atoms with van der Waals surface area (Å²) in [6.07, 6.45) is 6.01. The van der Waals surface area contributed by atoms with Gasteiger partial charge < -0.3 is 15.2 Å². The van der Waals surface area contributed by atoms with Crippen LogP contribution in [0.2, 0.25) is 5.02 Å². The Morgan fingerprint density at radius 3 is 2.16 bits per heavy atom. The molecule has 7 nitrogen and oxygen atoms in total. The number of carbonyl (C=O) groups excluding carboxylic acids is 2. The molecule has 0 spiro atoms. The van der Waals surface area contributed by atoms with Gasteiger partial charge in [-0.2, -0.15) is 0 Å². The van der Waals surface area contributed by atoms with Crippen molar-refractivity contribution in [2.45, 2.75) is 59.3 Å². The van der Waals surface area contributed by atoms with Crippen molar-refractivity contribution >= 4 is 44.8 Å². The second-order valence-electron chi connectivity index (χ2n) is 14.2. The van der Waals surface area contributed by atoms with Gasteiger partial charge in [0.15, 0.2) is 0 Å². The molecule has 0 radical (unpaired) electrons. The quantitative estimate of drug-likeness (QED) is 0.151. The van der Waals surface area contributed by atoms with E-state index in [0.29, 0.717) is 28.6 Å². The molecule has 0 fully saturated rings. The average Bonchev–Trinajstić information content (AvgIpc) is 3.07. The highest BCUT2D eigenvalue weighted by atomic mass is 35.5. The smallest absolute Gasteiger partial charge is 0.251 e. The molecule has 0 bridgehead atoms. The molecule has 50 heavy (non-hydrogen) atoms. The summed E-state index contributed by atoms with van der Waals surface area (Å²) < 4.78 is 32.6. The molecule has 2 N–H and O–H groups in total. The van der Waals surface area contributed by atoms with Crippen LogP contribution in [0.25, 0.3) is 16.7 Å². The molecule has 9 heteroatoms. The zero-order chi connectivity index (χ0) is 36.1. The number of rotatable bonds is 11. The Morgan fingerprint density at radius 2 is 1.58 bits per heavy atom. The number of nitrogens with one attached hydrogen (secondary N) is 2. The molecule has 4 aromatic rings. The van der Waals surface area contributed by atoms with Gasteiger partial charge in [0.25, 0.3) is 5.91 Å². The lowest BCUT2D eigenvalue weighted by atomic mass is 9.72. The van der Waals surface area contributed by atoms with Crippen molar-refractivity contribution in [2.75, 3.05) is 17.6 Å². The van der Waals surface area contributed by atoms with E-state index in [4.69, 9.17) is 11.6 Å². The summed E-state index contributed by atoms with van der Waals surface area (Å²) in [4.78, 5) is 26.5.